The van der Waals surface area contributed by atoms with Crippen LogP contribution in [0.5, 0.6) is 0 Å². The van der Waals surface area contributed by atoms with E-state index in [-0.39, 0.29) is 11.7 Å². The normalized spacial score (nSPS) is 18.5. The summed E-state index contributed by atoms with van der Waals surface area (Å²) in [7, 11) is 0. The Morgan fingerprint density at radius 3 is 3.05 bits per heavy atom. The van der Waals surface area contributed by atoms with E-state index in [2.05, 4.69) is 4.98 Å². The van der Waals surface area contributed by atoms with Gasteiger partial charge in [0.2, 0.25) is 0 Å². The lowest BCUT2D eigenvalue weighted by Crippen LogP contribution is -2.09. The average Bonchev–Trinajstić information content (AvgIpc) is 2.97. The monoisotopic (exact) mass is 289 g/mol. The molecule has 1 aromatic heterocycles. The Hall–Kier alpha value is -1.59. The molecule has 5 heteroatoms. The number of aromatic nitrogens is 1. The molecule has 1 saturated heterocycles. The molecule has 2 aromatic rings. The van der Waals surface area contributed by atoms with Crippen LogP contribution in [0.15, 0.2) is 35.4 Å². The number of carboxylic acids is 1. The van der Waals surface area contributed by atoms with Crippen LogP contribution in [0.2, 0.25) is 0 Å². The minimum atomic E-state index is -0.932. The number of rotatable bonds is 4. The molecule has 4 nitrogen and oxygen atoms in total. The Morgan fingerprint density at radius 2 is 2.30 bits per heavy atom. The summed E-state index contributed by atoms with van der Waals surface area (Å²) in [6.45, 7) is 0.814. The van der Waals surface area contributed by atoms with Gasteiger partial charge in [-0.1, -0.05) is 18.2 Å². The number of fused-ring (bicyclic) bond motifs is 1. The van der Waals surface area contributed by atoms with Crippen LogP contribution < -0.4 is 0 Å². The van der Waals surface area contributed by atoms with E-state index in [1.807, 2.05) is 24.3 Å². The molecule has 0 aliphatic carbocycles. The Kier molecular flexibility index (Phi) is 3.89. The summed E-state index contributed by atoms with van der Waals surface area (Å²) in [6.07, 6.45) is 3.82. The van der Waals surface area contributed by atoms with Crippen LogP contribution in [0.3, 0.4) is 0 Å². The summed E-state index contributed by atoms with van der Waals surface area (Å²) >= 11 is 1.56. The molecule has 2 heterocycles. The molecular formula is C15H15NO3S. The zero-order valence-electron chi connectivity index (χ0n) is 10.9. The fourth-order valence-electron chi connectivity index (χ4n) is 2.38. The minimum absolute atomic E-state index is 0.230. The van der Waals surface area contributed by atoms with Gasteiger partial charge in [-0.2, -0.15) is 0 Å². The van der Waals surface area contributed by atoms with Gasteiger partial charge in [-0.25, -0.2) is 4.79 Å². The van der Waals surface area contributed by atoms with Crippen molar-refractivity contribution in [3.05, 3.63) is 36.0 Å². The number of nitrogens with zero attached hydrogens (tertiary/aromatic N) is 1. The topological polar surface area (TPSA) is 59.4 Å². The standard InChI is InChI=1S/C15H15NO3S/c17-15(18)12-8-16-13-6-2-1-5-11(13)14(12)20-9-10-4-3-7-19-10/h1-2,5-6,8,10H,3-4,7,9H2,(H,17,18). The largest absolute Gasteiger partial charge is 0.478 e. The Balaban J connectivity index is 1.96. The summed E-state index contributed by atoms with van der Waals surface area (Å²) in [6, 6.07) is 7.64. The Labute approximate surface area is 121 Å². The number of ether oxygens (including phenoxy) is 1. The van der Waals surface area contributed by atoms with Crippen molar-refractivity contribution >= 4 is 28.6 Å². The van der Waals surface area contributed by atoms with Gasteiger partial charge in [-0.15, -0.1) is 11.8 Å². The molecule has 0 spiro atoms. The van der Waals surface area contributed by atoms with Crippen LogP contribution in [0.4, 0.5) is 0 Å². The lowest BCUT2D eigenvalue weighted by Gasteiger charge is -2.12. The number of para-hydroxylation sites is 1. The third kappa shape index (κ3) is 2.64. The van der Waals surface area contributed by atoms with Crippen LogP contribution in [-0.4, -0.2) is 34.5 Å². The molecule has 1 aromatic carbocycles. The van der Waals surface area contributed by atoms with Crippen molar-refractivity contribution in [2.24, 2.45) is 0 Å². The molecule has 0 saturated carbocycles. The maximum atomic E-state index is 11.4. The van der Waals surface area contributed by atoms with Crippen molar-refractivity contribution in [2.75, 3.05) is 12.4 Å². The van der Waals surface area contributed by atoms with Crippen molar-refractivity contribution in [1.29, 1.82) is 0 Å². The predicted molar refractivity (Wildman–Crippen MR) is 78.4 cm³/mol. The summed E-state index contributed by atoms with van der Waals surface area (Å²) < 4.78 is 5.60. The maximum Gasteiger partial charge on any atom is 0.338 e. The van der Waals surface area contributed by atoms with Gasteiger partial charge in [0.15, 0.2) is 0 Å². The molecule has 1 aliphatic heterocycles. The van der Waals surface area contributed by atoms with Gasteiger partial charge in [0.25, 0.3) is 0 Å². The summed E-state index contributed by atoms with van der Waals surface area (Å²) in [5, 5.41) is 10.2. The fraction of sp³-hybridized carbons (Fsp3) is 0.333. The highest BCUT2D eigenvalue weighted by Crippen LogP contribution is 2.32. The molecule has 20 heavy (non-hydrogen) atoms. The second-order valence-corrected chi connectivity index (χ2v) is 5.80. The number of thioether (sulfide) groups is 1. The maximum absolute atomic E-state index is 11.4. The van der Waals surface area contributed by atoms with Gasteiger partial charge >= 0.3 is 5.97 Å². The number of benzene rings is 1. The third-order valence-electron chi connectivity index (χ3n) is 3.39. The first kappa shape index (κ1) is 13.4. The van der Waals surface area contributed by atoms with E-state index in [1.54, 1.807) is 11.8 Å². The minimum Gasteiger partial charge on any atom is -0.478 e. The number of hydrogen-bond donors (Lipinski definition) is 1. The van der Waals surface area contributed by atoms with E-state index >= 15 is 0 Å². The molecule has 1 fully saturated rings. The van der Waals surface area contributed by atoms with Crippen molar-refractivity contribution in [2.45, 2.75) is 23.8 Å². The Morgan fingerprint density at radius 1 is 1.45 bits per heavy atom. The summed E-state index contributed by atoms with van der Waals surface area (Å²) in [5.41, 5.74) is 1.10. The average molecular weight is 289 g/mol. The highest BCUT2D eigenvalue weighted by atomic mass is 32.2. The quantitative estimate of drug-likeness (QED) is 0.876. The third-order valence-corrected chi connectivity index (χ3v) is 4.66. The zero-order valence-corrected chi connectivity index (χ0v) is 11.7. The highest BCUT2D eigenvalue weighted by molar-refractivity contribution is 7.99. The van der Waals surface area contributed by atoms with Crippen LogP contribution in [-0.2, 0) is 4.74 Å². The van der Waals surface area contributed by atoms with E-state index in [0.29, 0.717) is 0 Å². The zero-order chi connectivity index (χ0) is 13.9. The van der Waals surface area contributed by atoms with Gasteiger partial charge in [-0.05, 0) is 18.9 Å². The van der Waals surface area contributed by atoms with Crippen LogP contribution in [0.1, 0.15) is 23.2 Å². The number of aromatic carboxylic acids is 1. The predicted octanol–water partition coefficient (Wildman–Crippen LogP) is 3.20. The molecule has 1 N–H and O–H groups in total. The van der Waals surface area contributed by atoms with Crippen molar-refractivity contribution in [3.63, 3.8) is 0 Å². The lowest BCUT2D eigenvalue weighted by atomic mass is 10.1. The van der Waals surface area contributed by atoms with E-state index in [4.69, 9.17) is 4.74 Å². The van der Waals surface area contributed by atoms with Crippen molar-refractivity contribution in [1.82, 2.24) is 4.98 Å². The SMILES string of the molecule is O=C(O)c1cnc2ccccc2c1SCC1CCCO1. The van der Waals surface area contributed by atoms with Gasteiger partial charge in [-0.3, -0.25) is 4.98 Å². The number of carboxylic acid groups (broad SMARTS) is 1. The number of carbonyl (C=O) groups is 1. The molecular weight excluding hydrogens is 274 g/mol. The fourth-order valence-corrected chi connectivity index (χ4v) is 3.62. The van der Waals surface area contributed by atoms with Gasteiger partial charge < -0.3 is 9.84 Å². The molecule has 104 valence electrons. The van der Waals surface area contributed by atoms with Crippen LogP contribution in [0, 0.1) is 0 Å². The number of pyridine rings is 1. The van der Waals surface area contributed by atoms with Gasteiger partial charge in [0, 0.05) is 28.8 Å². The van der Waals surface area contributed by atoms with E-state index in [1.165, 1.54) is 6.20 Å². The first-order chi connectivity index (χ1) is 9.75. The van der Waals surface area contributed by atoms with Crippen molar-refractivity contribution < 1.29 is 14.6 Å². The lowest BCUT2D eigenvalue weighted by molar-refractivity contribution is 0.0693. The second kappa shape index (κ2) is 5.81. The molecule has 0 amide bonds. The first-order valence-corrected chi connectivity index (χ1v) is 7.59. The van der Waals surface area contributed by atoms with Crippen molar-refractivity contribution in [3.8, 4) is 0 Å². The van der Waals surface area contributed by atoms with Crippen LogP contribution >= 0.6 is 11.8 Å². The molecule has 1 aliphatic rings. The van der Waals surface area contributed by atoms with Gasteiger partial charge in [0.05, 0.1) is 17.2 Å². The molecule has 1 atom stereocenters. The Bertz CT molecular complexity index is 638. The second-order valence-electron chi connectivity index (χ2n) is 4.77. The van der Waals surface area contributed by atoms with E-state index < -0.39 is 5.97 Å². The first-order valence-electron chi connectivity index (χ1n) is 6.61. The summed E-state index contributed by atoms with van der Waals surface area (Å²) in [5.74, 6) is -0.146. The number of hydrogen-bond acceptors (Lipinski definition) is 4. The van der Waals surface area contributed by atoms with Gasteiger partial charge in [0.1, 0.15) is 0 Å². The van der Waals surface area contributed by atoms with E-state index in [9.17, 15) is 9.90 Å². The summed E-state index contributed by atoms with van der Waals surface area (Å²) in [4.78, 5) is 16.4. The molecule has 1 unspecified atom stereocenters. The molecule has 0 radical (unpaired) electrons. The smallest absolute Gasteiger partial charge is 0.338 e. The van der Waals surface area contributed by atoms with Crippen LogP contribution in [0.25, 0.3) is 10.9 Å². The van der Waals surface area contributed by atoms with E-state index in [0.717, 1.165) is 41.0 Å². The molecule has 0 bridgehead atoms. The molecule has 3 rings (SSSR count). The highest BCUT2D eigenvalue weighted by Gasteiger charge is 2.19.